The molecule has 0 saturated heterocycles. The molecule has 0 aliphatic rings. The van der Waals surface area contributed by atoms with Crippen molar-refractivity contribution in [3.8, 4) is 11.5 Å². The van der Waals surface area contributed by atoms with Gasteiger partial charge in [0.1, 0.15) is 11.5 Å². The van der Waals surface area contributed by atoms with Gasteiger partial charge in [0.25, 0.3) is 0 Å². The van der Waals surface area contributed by atoms with Crippen LogP contribution in [0.5, 0.6) is 11.5 Å². The zero-order valence-electron chi connectivity index (χ0n) is 16.6. The molecule has 0 unspecified atom stereocenters. The number of benzene rings is 3. The molecule has 0 amide bonds. The standard InChI is InChI=1S/C25H20O5/c1-29-20-12-8-18(9-13-20)24(27)22(16-23(26)17-6-4-3-5-7-17)25(28)19-10-14-21(30-2)15-11-19/h3-16H,1-2H3. The van der Waals surface area contributed by atoms with Crippen molar-refractivity contribution in [2.45, 2.75) is 0 Å². The van der Waals surface area contributed by atoms with Crippen LogP contribution in [0.4, 0.5) is 0 Å². The summed E-state index contributed by atoms with van der Waals surface area (Å²) in [5.74, 6) is -0.335. The molecular weight excluding hydrogens is 380 g/mol. The number of hydrogen-bond acceptors (Lipinski definition) is 5. The Labute approximate surface area is 174 Å². The highest BCUT2D eigenvalue weighted by atomic mass is 16.5. The first kappa shape index (κ1) is 20.7. The van der Waals surface area contributed by atoms with Crippen LogP contribution in [0.15, 0.2) is 90.5 Å². The van der Waals surface area contributed by atoms with E-state index in [1.807, 2.05) is 0 Å². The second kappa shape index (κ2) is 9.47. The fraction of sp³-hybridized carbons (Fsp3) is 0.0800. The van der Waals surface area contributed by atoms with Gasteiger partial charge in [0.05, 0.1) is 19.8 Å². The van der Waals surface area contributed by atoms with Crippen molar-refractivity contribution >= 4 is 17.3 Å². The summed E-state index contributed by atoms with van der Waals surface area (Å²) in [5, 5.41) is 0. The number of Topliss-reactive ketones (excluding diaryl/α,β-unsaturated/α-hetero) is 2. The van der Waals surface area contributed by atoms with Gasteiger partial charge < -0.3 is 9.47 Å². The lowest BCUT2D eigenvalue weighted by molar-refractivity contribution is 0.0948. The van der Waals surface area contributed by atoms with Crippen LogP contribution in [-0.4, -0.2) is 31.6 Å². The molecule has 5 nitrogen and oxygen atoms in total. The van der Waals surface area contributed by atoms with Crippen molar-refractivity contribution in [1.29, 1.82) is 0 Å². The van der Waals surface area contributed by atoms with Gasteiger partial charge in [-0.3, -0.25) is 14.4 Å². The Balaban J connectivity index is 2.02. The van der Waals surface area contributed by atoms with E-state index in [4.69, 9.17) is 9.47 Å². The molecule has 3 rings (SSSR count). The van der Waals surface area contributed by atoms with Crippen molar-refractivity contribution in [3.05, 3.63) is 107 Å². The minimum Gasteiger partial charge on any atom is -0.497 e. The first-order chi connectivity index (χ1) is 14.5. The zero-order valence-corrected chi connectivity index (χ0v) is 16.6. The average molecular weight is 400 g/mol. The van der Waals surface area contributed by atoms with Gasteiger partial charge in [-0.05, 0) is 48.5 Å². The fourth-order valence-electron chi connectivity index (χ4n) is 2.85. The van der Waals surface area contributed by atoms with Gasteiger partial charge >= 0.3 is 0 Å². The lowest BCUT2D eigenvalue weighted by Gasteiger charge is -2.08. The van der Waals surface area contributed by atoms with Crippen LogP contribution in [0, 0.1) is 0 Å². The van der Waals surface area contributed by atoms with Gasteiger partial charge in [-0.25, -0.2) is 0 Å². The maximum absolute atomic E-state index is 13.1. The molecule has 3 aromatic carbocycles. The number of methoxy groups -OCH3 is 2. The topological polar surface area (TPSA) is 69.7 Å². The molecule has 0 bridgehead atoms. The highest BCUT2D eigenvalue weighted by Crippen LogP contribution is 2.20. The highest BCUT2D eigenvalue weighted by molar-refractivity contribution is 6.33. The minimum atomic E-state index is -0.539. The molecule has 0 atom stereocenters. The number of ketones is 3. The molecule has 0 aromatic heterocycles. The lowest BCUT2D eigenvalue weighted by Crippen LogP contribution is -2.16. The largest absolute Gasteiger partial charge is 0.497 e. The lowest BCUT2D eigenvalue weighted by atomic mass is 9.93. The summed E-state index contributed by atoms with van der Waals surface area (Å²) in [7, 11) is 3.04. The highest BCUT2D eigenvalue weighted by Gasteiger charge is 2.23. The summed E-state index contributed by atoms with van der Waals surface area (Å²) in [6.07, 6.45) is 1.11. The molecule has 30 heavy (non-hydrogen) atoms. The van der Waals surface area contributed by atoms with Crippen molar-refractivity contribution in [2.24, 2.45) is 0 Å². The maximum atomic E-state index is 13.1. The summed E-state index contributed by atoms with van der Waals surface area (Å²) in [6, 6.07) is 21.2. The molecule has 0 aliphatic carbocycles. The van der Waals surface area contributed by atoms with E-state index in [2.05, 4.69) is 0 Å². The van der Waals surface area contributed by atoms with E-state index < -0.39 is 17.3 Å². The molecule has 0 radical (unpaired) electrons. The predicted molar refractivity (Wildman–Crippen MR) is 114 cm³/mol. The van der Waals surface area contributed by atoms with Crippen LogP contribution in [-0.2, 0) is 0 Å². The van der Waals surface area contributed by atoms with Crippen LogP contribution in [0.2, 0.25) is 0 Å². The zero-order chi connectivity index (χ0) is 21.5. The van der Waals surface area contributed by atoms with Crippen LogP contribution >= 0.6 is 0 Å². The monoisotopic (exact) mass is 400 g/mol. The van der Waals surface area contributed by atoms with E-state index in [-0.39, 0.29) is 16.7 Å². The van der Waals surface area contributed by atoms with Crippen LogP contribution < -0.4 is 9.47 Å². The number of hydrogen-bond donors (Lipinski definition) is 0. The van der Waals surface area contributed by atoms with Crippen LogP contribution in [0.25, 0.3) is 0 Å². The van der Waals surface area contributed by atoms with Crippen molar-refractivity contribution < 1.29 is 23.9 Å². The summed E-state index contributed by atoms with van der Waals surface area (Å²) in [5.41, 5.74) is 0.744. The van der Waals surface area contributed by atoms with Gasteiger partial charge in [0.15, 0.2) is 17.3 Å². The molecule has 0 aliphatic heterocycles. The normalized spacial score (nSPS) is 10.1. The minimum absolute atomic E-state index is 0.209. The summed E-state index contributed by atoms with van der Waals surface area (Å²) in [4.78, 5) is 39.0. The molecule has 150 valence electrons. The van der Waals surface area contributed by atoms with Crippen molar-refractivity contribution in [2.75, 3.05) is 14.2 Å². The molecule has 0 fully saturated rings. The summed E-state index contributed by atoms with van der Waals surface area (Å²) >= 11 is 0. The fourth-order valence-corrected chi connectivity index (χ4v) is 2.85. The van der Waals surface area contributed by atoms with Gasteiger partial charge in [-0.2, -0.15) is 0 Å². The quantitative estimate of drug-likeness (QED) is 0.240. The Morgan fingerprint density at radius 3 is 1.43 bits per heavy atom. The van der Waals surface area contributed by atoms with Crippen molar-refractivity contribution in [1.82, 2.24) is 0 Å². The molecule has 0 N–H and O–H groups in total. The molecule has 0 saturated carbocycles. The third-order valence-electron chi connectivity index (χ3n) is 4.53. The molecule has 0 spiro atoms. The summed E-state index contributed by atoms with van der Waals surface area (Å²) in [6.45, 7) is 0. The Morgan fingerprint density at radius 1 is 0.600 bits per heavy atom. The molecule has 5 heteroatoms. The number of carbonyl (C=O) groups is 3. The Kier molecular flexibility index (Phi) is 6.55. The number of allylic oxidation sites excluding steroid dienone is 2. The first-order valence-electron chi connectivity index (χ1n) is 9.22. The average Bonchev–Trinajstić information content (AvgIpc) is 2.82. The van der Waals surface area contributed by atoms with E-state index in [0.29, 0.717) is 17.1 Å². The van der Waals surface area contributed by atoms with E-state index in [9.17, 15) is 14.4 Å². The van der Waals surface area contributed by atoms with Gasteiger partial charge in [-0.15, -0.1) is 0 Å². The van der Waals surface area contributed by atoms with Gasteiger partial charge in [0.2, 0.25) is 0 Å². The van der Waals surface area contributed by atoms with Crippen LogP contribution in [0.3, 0.4) is 0 Å². The third kappa shape index (κ3) is 4.70. The number of ether oxygens (including phenoxy) is 2. The number of rotatable bonds is 8. The third-order valence-corrected chi connectivity index (χ3v) is 4.53. The van der Waals surface area contributed by atoms with E-state index in [0.717, 1.165) is 6.08 Å². The SMILES string of the molecule is COc1ccc(C(=O)C(=CC(=O)c2ccccc2)C(=O)c2ccc(OC)cc2)cc1. The Bertz CT molecular complexity index is 1020. The second-order valence-corrected chi connectivity index (χ2v) is 6.40. The predicted octanol–water partition coefficient (Wildman–Crippen LogP) is 4.58. The summed E-state index contributed by atoms with van der Waals surface area (Å²) < 4.78 is 10.2. The first-order valence-corrected chi connectivity index (χ1v) is 9.22. The Hall–Kier alpha value is -3.99. The molecule has 3 aromatic rings. The maximum Gasteiger partial charge on any atom is 0.197 e. The Morgan fingerprint density at radius 2 is 1.03 bits per heavy atom. The smallest absolute Gasteiger partial charge is 0.197 e. The van der Waals surface area contributed by atoms with E-state index in [1.54, 1.807) is 78.9 Å². The second-order valence-electron chi connectivity index (χ2n) is 6.40. The number of carbonyl (C=O) groups excluding carboxylic acids is 3. The van der Waals surface area contributed by atoms with Crippen molar-refractivity contribution in [3.63, 3.8) is 0 Å². The molecular formula is C25H20O5. The van der Waals surface area contributed by atoms with Gasteiger partial charge in [-0.1, -0.05) is 30.3 Å². The van der Waals surface area contributed by atoms with E-state index in [1.165, 1.54) is 14.2 Å². The van der Waals surface area contributed by atoms with Gasteiger partial charge in [0, 0.05) is 22.8 Å². The van der Waals surface area contributed by atoms with E-state index >= 15 is 0 Å². The molecule has 0 heterocycles. The van der Waals surface area contributed by atoms with Crippen LogP contribution in [0.1, 0.15) is 31.1 Å².